The molecule has 0 aromatic heterocycles. The van der Waals surface area contributed by atoms with E-state index in [1.165, 1.54) is 11.8 Å². The molecule has 0 spiro atoms. The maximum absolute atomic E-state index is 12.6. The number of carbonyl (C=O) groups is 2. The smallest absolute Gasteiger partial charge is 0.343 e. The molecule has 2 amide bonds. The summed E-state index contributed by atoms with van der Waals surface area (Å²) in [6.45, 7) is 3.07. The van der Waals surface area contributed by atoms with Gasteiger partial charge in [0.1, 0.15) is 6.04 Å². The molecule has 110 valence electrons. The van der Waals surface area contributed by atoms with Crippen molar-refractivity contribution in [2.45, 2.75) is 44.4 Å². The summed E-state index contributed by atoms with van der Waals surface area (Å²) in [6.07, 6.45) is -3.14. The molecule has 1 aliphatic rings. The molecule has 0 bridgehead atoms. The Balaban J connectivity index is 2.63. The van der Waals surface area contributed by atoms with Crippen LogP contribution in [0, 0.1) is 0 Å². The van der Waals surface area contributed by atoms with Crippen molar-refractivity contribution in [3.05, 3.63) is 0 Å². The zero-order chi connectivity index (χ0) is 14.8. The van der Waals surface area contributed by atoms with Gasteiger partial charge in [-0.1, -0.05) is 0 Å². The third-order valence-electron chi connectivity index (χ3n) is 3.20. The summed E-state index contributed by atoms with van der Waals surface area (Å²) >= 11 is 0. The number of hydrogen-bond donors (Lipinski definition) is 2. The van der Waals surface area contributed by atoms with Gasteiger partial charge >= 0.3 is 6.18 Å². The average Bonchev–Trinajstić information content (AvgIpc) is 2.79. The van der Waals surface area contributed by atoms with E-state index in [4.69, 9.17) is 5.73 Å². The Labute approximate surface area is 109 Å². The number of hydrogen-bond acceptors (Lipinski definition) is 3. The second-order valence-electron chi connectivity index (χ2n) is 4.93. The van der Waals surface area contributed by atoms with E-state index >= 15 is 0 Å². The third kappa shape index (κ3) is 3.37. The van der Waals surface area contributed by atoms with Crippen molar-refractivity contribution in [1.82, 2.24) is 10.2 Å². The molecule has 1 aliphatic heterocycles. The second-order valence-corrected chi connectivity index (χ2v) is 4.93. The number of nitrogens with two attached hydrogens (primary N) is 1. The largest absolute Gasteiger partial charge is 0.415 e. The zero-order valence-electron chi connectivity index (χ0n) is 10.9. The number of rotatable bonds is 3. The van der Waals surface area contributed by atoms with Crippen molar-refractivity contribution in [3.63, 3.8) is 0 Å². The van der Waals surface area contributed by atoms with Gasteiger partial charge in [-0.2, -0.15) is 13.2 Å². The van der Waals surface area contributed by atoms with Crippen molar-refractivity contribution >= 4 is 11.8 Å². The van der Waals surface area contributed by atoms with Gasteiger partial charge in [0, 0.05) is 13.1 Å². The lowest BCUT2D eigenvalue weighted by Crippen LogP contribution is -2.63. The summed E-state index contributed by atoms with van der Waals surface area (Å²) in [5.41, 5.74) is 1.97. The van der Waals surface area contributed by atoms with Gasteiger partial charge in [0.25, 0.3) is 0 Å². The molecule has 0 aromatic carbocycles. The van der Waals surface area contributed by atoms with Crippen LogP contribution in [0.5, 0.6) is 0 Å². The van der Waals surface area contributed by atoms with Crippen molar-refractivity contribution in [1.29, 1.82) is 0 Å². The minimum atomic E-state index is -4.87. The van der Waals surface area contributed by atoms with Gasteiger partial charge in [0.15, 0.2) is 5.54 Å². The minimum absolute atomic E-state index is 0.385. The van der Waals surface area contributed by atoms with Crippen LogP contribution in [0.4, 0.5) is 13.2 Å². The first-order valence-electron chi connectivity index (χ1n) is 6.02. The number of alkyl halides is 3. The molecule has 0 saturated carbocycles. The van der Waals surface area contributed by atoms with Gasteiger partial charge in [-0.25, -0.2) is 0 Å². The standard InChI is InChI=1S/C11H18F3N3O2/c1-7(8(18)17-5-3-4-6-17)16-9(19)10(2,15)11(12,13)14/h7H,3-6,15H2,1-2H3,(H,16,19). The maximum Gasteiger partial charge on any atom is 0.415 e. The lowest BCUT2D eigenvalue weighted by atomic mass is 10.0. The van der Waals surface area contributed by atoms with E-state index in [0.29, 0.717) is 20.0 Å². The van der Waals surface area contributed by atoms with E-state index in [1.807, 2.05) is 5.32 Å². The van der Waals surface area contributed by atoms with Crippen LogP contribution in [-0.4, -0.2) is 47.6 Å². The molecular formula is C11H18F3N3O2. The molecule has 2 unspecified atom stereocenters. The van der Waals surface area contributed by atoms with Crippen LogP contribution in [0.25, 0.3) is 0 Å². The number of halogens is 3. The van der Waals surface area contributed by atoms with E-state index in [-0.39, 0.29) is 5.91 Å². The predicted octanol–water partition coefficient (Wildman–Crippen LogP) is 0.393. The summed E-state index contributed by atoms with van der Waals surface area (Å²) in [4.78, 5) is 24.9. The highest BCUT2D eigenvalue weighted by molar-refractivity contribution is 5.92. The van der Waals surface area contributed by atoms with E-state index < -0.39 is 23.7 Å². The fourth-order valence-electron chi connectivity index (χ4n) is 1.75. The average molecular weight is 281 g/mol. The molecule has 1 rings (SSSR count). The Hall–Kier alpha value is -1.31. The highest BCUT2D eigenvalue weighted by Crippen LogP contribution is 2.28. The molecule has 5 nitrogen and oxygen atoms in total. The molecule has 1 saturated heterocycles. The fraction of sp³-hybridized carbons (Fsp3) is 0.818. The SMILES string of the molecule is CC(NC(=O)C(C)(N)C(F)(F)F)C(=O)N1CCCC1. The fourth-order valence-corrected chi connectivity index (χ4v) is 1.75. The lowest BCUT2D eigenvalue weighted by molar-refractivity contribution is -0.188. The van der Waals surface area contributed by atoms with Crippen LogP contribution >= 0.6 is 0 Å². The van der Waals surface area contributed by atoms with Crippen LogP contribution in [0.15, 0.2) is 0 Å². The number of amides is 2. The van der Waals surface area contributed by atoms with Crippen LogP contribution in [0.2, 0.25) is 0 Å². The highest BCUT2D eigenvalue weighted by Gasteiger charge is 2.54. The molecule has 19 heavy (non-hydrogen) atoms. The summed E-state index contributed by atoms with van der Waals surface area (Å²) in [5.74, 6) is -1.79. The van der Waals surface area contributed by atoms with Crippen LogP contribution in [0.3, 0.4) is 0 Å². The van der Waals surface area contributed by atoms with Crippen LogP contribution in [-0.2, 0) is 9.59 Å². The Kier molecular flexibility index (Phi) is 4.44. The number of likely N-dealkylation sites (tertiary alicyclic amines) is 1. The highest BCUT2D eigenvalue weighted by atomic mass is 19.4. The van der Waals surface area contributed by atoms with Gasteiger partial charge in [-0.15, -0.1) is 0 Å². The first-order chi connectivity index (χ1) is 8.57. The van der Waals surface area contributed by atoms with Gasteiger partial charge < -0.3 is 16.0 Å². The third-order valence-corrected chi connectivity index (χ3v) is 3.20. The number of nitrogens with one attached hydrogen (secondary N) is 1. The first kappa shape index (κ1) is 15.7. The summed E-state index contributed by atoms with van der Waals surface area (Å²) in [5, 5.41) is 2.03. The van der Waals surface area contributed by atoms with Crippen molar-refractivity contribution in [2.75, 3.05) is 13.1 Å². The summed E-state index contributed by atoms with van der Waals surface area (Å²) < 4.78 is 37.7. The van der Waals surface area contributed by atoms with Crippen LogP contribution < -0.4 is 11.1 Å². The molecule has 0 aliphatic carbocycles. The van der Waals surface area contributed by atoms with Crippen LogP contribution in [0.1, 0.15) is 26.7 Å². The topological polar surface area (TPSA) is 75.4 Å². The van der Waals surface area contributed by atoms with Crippen molar-refractivity contribution in [3.8, 4) is 0 Å². The predicted molar refractivity (Wildman–Crippen MR) is 62.1 cm³/mol. The van der Waals surface area contributed by atoms with Crippen molar-refractivity contribution < 1.29 is 22.8 Å². The monoisotopic (exact) mass is 281 g/mol. The molecule has 0 aromatic rings. The van der Waals surface area contributed by atoms with E-state index in [0.717, 1.165) is 12.8 Å². The van der Waals surface area contributed by atoms with Gasteiger partial charge in [0.2, 0.25) is 11.8 Å². The molecule has 3 N–H and O–H groups in total. The minimum Gasteiger partial charge on any atom is -0.343 e. The summed E-state index contributed by atoms with van der Waals surface area (Å²) in [6, 6.07) is -1.02. The lowest BCUT2D eigenvalue weighted by Gasteiger charge is -2.28. The maximum atomic E-state index is 12.6. The number of carbonyl (C=O) groups excluding carboxylic acids is 2. The summed E-state index contributed by atoms with van der Waals surface area (Å²) in [7, 11) is 0. The zero-order valence-corrected chi connectivity index (χ0v) is 10.9. The molecule has 1 fully saturated rings. The first-order valence-corrected chi connectivity index (χ1v) is 6.02. The quantitative estimate of drug-likeness (QED) is 0.786. The van der Waals surface area contributed by atoms with Gasteiger partial charge in [-0.3, -0.25) is 9.59 Å². The molecule has 8 heteroatoms. The second kappa shape index (κ2) is 5.36. The molecule has 2 atom stereocenters. The molecular weight excluding hydrogens is 263 g/mol. The van der Waals surface area contributed by atoms with Crippen molar-refractivity contribution in [2.24, 2.45) is 5.73 Å². The Morgan fingerprint density at radius 3 is 2.16 bits per heavy atom. The number of nitrogens with zero attached hydrogens (tertiary/aromatic N) is 1. The van der Waals surface area contributed by atoms with Gasteiger partial charge in [0.05, 0.1) is 0 Å². The Morgan fingerprint density at radius 1 is 1.26 bits per heavy atom. The Morgan fingerprint density at radius 2 is 1.74 bits per heavy atom. The van der Waals surface area contributed by atoms with E-state index in [9.17, 15) is 22.8 Å². The molecule has 1 heterocycles. The van der Waals surface area contributed by atoms with Gasteiger partial charge in [-0.05, 0) is 26.7 Å². The van der Waals surface area contributed by atoms with E-state index in [2.05, 4.69) is 0 Å². The normalized spacial score (nSPS) is 20.8. The Bertz CT molecular complexity index is 363. The molecule has 0 radical (unpaired) electrons. The van der Waals surface area contributed by atoms with E-state index in [1.54, 1.807) is 0 Å².